The molecule has 0 amide bonds. The van der Waals surface area contributed by atoms with E-state index >= 15 is 0 Å². The average molecular weight is 353 g/mol. The molecule has 0 aliphatic rings. The third kappa shape index (κ3) is 5.42. The highest BCUT2D eigenvalue weighted by atomic mass is 31.2. The largest absolute Gasteiger partial charge is 0.412 e. The maximum absolute atomic E-state index is 12.6. The summed E-state index contributed by atoms with van der Waals surface area (Å²) in [7, 11) is -7.17. The van der Waals surface area contributed by atoms with E-state index < -0.39 is 15.0 Å². The molecule has 1 atom stereocenters. The first-order valence-electron chi connectivity index (χ1n) is 7.18. The Kier molecular flexibility index (Phi) is 5.96. The van der Waals surface area contributed by atoms with Crippen LogP contribution in [0.5, 0.6) is 0 Å². The minimum Gasteiger partial charge on any atom is -0.312 e. The highest BCUT2D eigenvalue weighted by Crippen LogP contribution is 2.62. The smallest absolute Gasteiger partial charge is 0.312 e. The van der Waals surface area contributed by atoms with Crippen molar-refractivity contribution in [3.63, 3.8) is 0 Å². The summed E-state index contributed by atoms with van der Waals surface area (Å²) < 4.78 is 31.4. The van der Waals surface area contributed by atoms with Crippen molar-refractivity contribution in [2.45, 2.75) is 13.2 Å². The predicted molar refractivity (Wildman–Crippen MR) is 92.5 cm³/mol. The van der Waals surface area contributed by atoms with E-state index in [1.54, 1.807) is 12.1 Å². The van der Waals surface area contributed by atoms with E-state index in [9.17, 15) is 14.0 Å². The van der Waals surface area contributed by atoms with Gasteiger partial charge in [-0.15, -0.1) is 0 Å². The molecule has 2 aromatic carbocycles. The summed E-state index contributed by atoms with van der Waals surface area (Å²) in [5.41, 5.74) is 1.58. The summed E-state index contributed by atoms with van der Waals surface area (Å²) in [6.45, 7) is 3.00. The van der Waals surface area contributed by atoms with Crippen LogP contribution in [0.15, 0.2) is 60.7 Å². The Balaban J connectivity index is 2.17. The number of nitrogens with zero attached hydrogens (tertiary/aromatic N) is 1. The van der Waals surface area contributed by atoms with Crippen LogP contribution >= 0.6 is 15.0 Å². The van der Waals surface area contributed by atoms with Crippen molar-refractivity contribution in [2.24, 2.45) is 0 Å². The Bertz CT molecular complexity index is 715. The third-order valence-corrected chi connectivity index (χ3v) is 7.67. The standard InChI is InChI=1S/C16H21NO4P2/c1-22(2,18)17(13-15-9-5-3-6-10-15)23(19,20)21-14-16-11-7-4-8-12-16/h3-12H,13-14H2,1-2H3,(H,19,20). The normalized spacial score (nSPS) is 14.6. The van der Waals surface area contributed by atoms with Crippen molar-refractivity contribution in [1.82, 2.24) is 4.44 Å². The van der Waals surface area contributed by atoms with Crippen LogP contribution in [0.4, 0.5) is 0 Å². The Morgan fingerprint density at radius 3 is 1.87 bits per heavy atom. The number of rotatable bonds is 7. The monoisotopic (exact) mass is 353 g/mol. The molecule has 0 aromatic heterocycles. The molecule has 0 saturated carbocycles. The van der Waals surface area contributed by atoms with Gasteiger partial charge in [0.2, 0.25) is 0 Å². The molecule has 1 N–H and O–H groups in total. The molecule has 0 bridgehead atoms. The first-order chi connectivity index (χ1) is 10.8. The van der Waals surface area contributed by atoms with Gasteiger partial charge in [-0.05, 0) is 11.1 Å². The summed E-state index contributed by atoms with van der Waals surface area (Å²) in [4.78, 5) is 10.3. The molecule has 0 spiro atoms. The fraction of sp³-hybridized carbons (Fsp3) is 0.250. The van der Waals surface area contributed by atoms with Gasteiger partial charge in [-0.25, -0.2) is 4.57 Å². The van der Waals surface area contributed by atoms with E-state index in [-0.39, 0.29) is 13.2 Å². The topological polar surface area (TPSA) is 66.8 Å². The highest BCUT2D eigenvalue weighted by Gasteiger charge is 2.38. The van der Waals surface area contributed by atoms with Gasteiger partial charge in [0.25, 0.3) is 0 Å². The SMILES string of the molecule is CP(C)(=O)N(Cc1ccccc1)P(=O)(O)OCc1ccccc1. The van der Waals surface area contributed by atoms with Crippen LogP contribution in [-0.4, -0.2) is 22.7 Å². The second kappa shape index (κ2) is 7.57. The molecule has 0 radical (unpaired) electrons. The number of benzene rings is 2. The fourth-order valence-corrected chi connectivity index (χ4v) is 5.71. The van der Waals surface area contributed by atoms with E-state index in [0.29, 0.717) is 0 Å². The molecule has 1 unspecified atom stereocenters. The third-order valence-electron chi connectivity index (χ3n) is 3.26. The highest BCUT2D eigenvalue weighted by molar-refractivity contribution is 7.71. The summed E-state index contributed by atoms with van der Waals surface area (Å²) in [5, 5.41) is 0. The van der Waals surface area contributed by atoms with Crippen molar-refractivity contribution in [3.05, 3.63) is 71.8 Å². The zero-order valence-corrected chi connectivity index (χ0v) is 15.0. The minimum absolute atomic E-state index is 0.0140. The number of hydrogen-bond donors (Lipinski definition) is 1. The molecule has 23 heavy (non-hydrogen) atoms. The summed E-state index contributed by atoms with van der Waals surface area (Å²) in [6.07, 6.45) is 0. The molecule has 2 rings (SSSR count). The van der Waals surface area contributed by atoms with Gasteiger partial charge in [-0.3, -0.25) is 4.52 Å². The molecule has 0 aliphatic carbocycles. The second-order valence-electron chi connectivity index (χ2n) is 5.56. The van der Waals surface area contributed by atoms with E-state index in [4.69, 9.17) is 4.52 Å². The molecular formula is C16H21NO4P2. The van der Waals surface area contributed by atoms with Gasteiger partial charge in [0.1, 0.15) is 0 Å². The Morgan fingerprint density at radius 2 is 1.39 bits per heavy atom. The molecule has 5 nitrogen and oxygen atoms in total. The Labute approximate surface area is 136 Å². The first-order valence-corrected chi connectivity index (χ1v) is 11.3. The first kappa shape index (κ1) is 18.1. The summed E-state index contributed by atoms with van der Waals surface area (Å²) in [6, 6.07) is 18.3. The number of hydrogen-bond acceptors (Lipinski definition) is 3. The predicted octanol–water partition coefficient (Wildman–Crippen LogP) is 4.34. The van der Waals surface area contributed by atoms with Crippen LogP contribution in [0.25, 0.3) is 0 Å². The Morgan fingerprint density at radius 1 is 0.913 bits per heavy atom. The average Bonchev–Trinajstić information content (AvgIpc) is 2.52. The van der Waals surface area contributed by atoms with E-state index in [2.05, 4.69) is 0 Å². The zero-order chi connectivity index (χ0) is 16.9. The van der Waals surface area contributed by atoms with Crippen LogP contribution in [0.1, 0.15) is 11.1 Å². The van der Waals surface area contributed by atoms with Gasteiger partial charge in [0.15, 0.2) is 7.29 Å². The quantitative estimate of drug-likeness (QED) is 0.750. The van der Waals surface area contributed by atoms with Gasteiger partial charge in [0, 0.05) is 19.9 Å². The molecule has 0 saturated heterocycles. The summed E-state index contributed by atoms with van der Waals surface area (Å²) >= 11 is 0. The van der Waals surface area contributed by atoms with E-state index in [0.717, 1.165) is 15.6 Å². The lowest BCUT2D eigenvalue weighted by Gasteiger charge is -2.29. The maximum atomic E-state index is 12.6. The van der Waals surface area contributed by atoms with Crippen molar-refractivity contribution >= 4 is 15.0 Å². The molecule has 0 aliphatic heterocycles. The summed E-state index contributed by atoms with van der Waals surface area (Å²) in [5.74, 6) is 0. The van der Waals surface area contributed by atoms with Gasteiger partial charge >= 0.3 is 7.75 Å². The minimum atomic E-state index is -4.18. The van der Waals surface area contributed by atoms with E-state index in [1.165, 1.54) is 13.3 Å². The maximum Gasteiger partial charge on any atom is 0.412 e. The van der Waals surface area contributed by atoms with Crippen LogP contribution in [-0.2, 0) is 26.8 Å². The van der Waals surface area contributed by atoms with Crippen molar-refractivity contribution in [2.75, 3.05) is 13.3 Å². The van der Waals surface area contributed by atoms with Crippen LogP contribution < -0.4 is 0 Å². The van der Waals surface area contributed by atoms with Crippen molar-refractivity contribution in [3.8, 4) is 0 Å². The second-order valence-corrected chi connectivity index (χ2v) is 10.7. The Hall–Kier alpha value is -1.22. The zero-order valence-electron chi connectivity index (χ0n) is 13.2. The van der Waals surface area contributed by atoms with Crippen LogP contribution in [0, 0.1) is 0 Å². The molecule has 2 aromatic rings. The fourth-order valence-electron chi connectivity index (χ4n) is 2.08. The van der Waals surface area contributed by atoms with E-state index in [1.807, 2.05) is 48.5 Å². The lowest BCUT2D eigenvalue weighted by Crippen LogP contribution is -2.18. The van der Waals surface area contributed by atoms with Gasteiger partial charge < -0.3 is 9.46 Å². The van der Waals surface area contributed by atoms with Gasteiger partial charge in [0.05, 0.1) is 6.61 Å². The molecule has 0 fully saturated rings. The van der Waals surface area contributed by atoms with Crippen molar-refractivity contribution in [1.29, 1.82) is 0 Å². The van der Waals surface area contributed by atoms with Gasteiger partial charge in [-0.1, -0.05) is 60.7 Å². The lowest BCUT2D eigenvalue weighted by molar-refractivity contribution is 0.218. The van der Waals surface area contributed by atoms with Gasteiger partial charge in [-0.2, -0.15) is 4.44 Å². The molecular weight excluding hydrogens is 332 g/mol. The van der Waals surface area contributed by atoms with Crippen LogP contribution in [0.2, 0.25) is 0 Å². The van der Waals surface area contributed by atoms with Crippen LogP contribution in [0.3, 0.4) is 0 Å². The van der Waals surface area contributed by atoms with Crippen molar-refractivity contribution < 1.29 is 18.5 Å². The molecule has 0 heterocycles. The molecule has 7 heteroatoms. The molecule has 124 valence electrons. The lowest BCUT2D eigenvalue weighted by atomic mass is 10.2.